The quantitative estimate of drug-likeness (QED) is 0.872. The summed E-state index contributed by atoms with van der Waals surface area (Å²) in [5.41, 5.74) is 8.23. The maximum atomic E-state index is 5.99. The second kappa shape index (κ2) is 4.46. The molecule has 1 aromatic carbocycles. The number of nitrogens with two attached hydrogens (primary N) is 1. The number of hydrogen-bond acceptors (Lipinski definition) is 4. The van der Waals surface area contributed by atoms with Gasteiger partial charge in [0.05, 0.1) is 6.04 Å². The predicted octanol–water partition coefficient (Wildman–Crippen LogP) is 2.81. The van der Waals surface area contributed by atoms with E-state index in [4.69, 9.17) is 17.3 Å². The van der Waals surface area contributed by atoms with Crippen molar-refractivity contribution in [2.24, 2.45) is 0 Å². The Morgan fingerprint density at radius 3 is 3.00 bits per heavy atom. The minimum Gasteiger partial charge on any atom is -0.384 e. The van der Waals surface area contributed by atoms with Gasteiger partial charge in [0, 0.05) is 11.1 Å². The lowest BCUT2D eigenvalue weighted by Gasteiger charge is -2.14. The molecule has 0 unspecified atom stereocenters. The van der Waals surface area contributed by atoms with Crippen LogP contribution in [0.2, 0.25) is 5.02 Å². The third kappa shape index (κ3) is 2.11. The maximum absolute atomic E-state index is 5.99. The van der Waals surface area contributed by atoms with Gasteiger partial charge < -0.3 is 11.1 Å². The molecule has 2 aromatic rings. The molecule has 92 valence electrons. The highest BCUT2D eigenvalue weighted by Crippen LogP contribution is 2.34. The standard InChI is InChI=1S/C13H13ClN4/c14-9-2-3-10-8(5-9)1-4-11(10)18-13-6-12(15)16-7-17-13/h2-3,5-7,11H,1,4H2,(H3,15,16,17,18)/t11-/m0/s1. The monoisotopic (exact) mass is 260 g/mol. The molecule has 1 heterocycles. The number of fused-ring (bicyclic) bond motifs is 1. The molecule has 3 rings (SSSR count). The summed E-state index contributed by atoms with van der Waals surface area (Å²) in [6.07, 6.45) is 3.54. The van der Waals surface area contributed by atoms with Gasteiger partial charge >= 0.3 is 0 Å². The first kappa shape index (κ1) is 11.3. The lowest BCUT2D eigenvalue weighted by atomic mass is 10.1. The Balaban J connectivity index is 1.85. The van der Waals surface area contributed by atoms with E-state index < -0.39 is 0 Å². The third-order valence-corrected chi connectivity index (χ3v) is 3.43. The van der Waals surface area contributed by atoms with Crippen LogP contribution in [0.3, 0.4) is 0 Å². The molecule has 0 saturated carbocycles. The van der Waals surface area contributed by atoms with E-state index in [0.717, 1.165) is 23.7 Å². The summed E-state index contributed by atoms with van der Waals surface area (Å²) < 4.78 is 0. The van der Waals surface area contributed by atoms with E-state index in [0.29, 0.717) is 5.82 Å². The van der Waals surface area contributed by atoms with E-state index in [1.54, 1.807) is 6.07 Å². The van der Waals surface area contributed by atoms with Gasteiger partial charge in [0.1, 0.15) is 18.0 Å². The number of benzene rings is 1. The predicted molar refractivity (Wildman–Crippen MR) is 72.6 cm³/mol. The molecule has 0 saturated heterocycles. The number of nitrogen functional groups attached to an aromatic ring is 1. The molecule has 5 heteroatoms. The molecule has 1 atom stereocenters. The molecular weight excluding hydrogens is 248 g/mol. The van der Waals surface area contributed by atoms with Crippen LogP contribution < -0.4 is 11.1 Å². The number of nitrogens with zero attached hydrogens (tertiary/aromatic N) is 2. The zero-order chi connectivity index (χ0) is 12.5. The lowest BCUT2D eigenvalue weighted by Crippen LogP contribution is -2.09. The molecule has 0 radical (unpaired) electrons. The van der Waals surface area contributed by atoms with Crippen molar-refractivity contribution >= 4 is 23.2 Å². The first-order valence-corrected chi connectivity index (χ1v) is 6.22. The van der Waals surface area contributed by atoms with Crippen LogP contribution >= 0.6 is 11.6 Å². The van der Waals surface area contributed by atoms with Crippen molar-refractivity contribution in [1.82, 2.24) is 9.97 Å². The van der Waals surface area contributed by atoms with Crippen LogP contribution in [0.5, 0.6) is 0 Å². The summed E-state index contributed by atoms with van der Waals surface area (Å²) in [6, 6.07) is 8.05. The molecule has 1 aromatic heterocycles. The van der Waals surface area contributed by atoms with Gasteiger partial charge in [-0.3, -0.25) is 0 Å². The van der Waals surface area contributed by atoms with Crippen molar-refractivity contribution in [1.29, 1.82) is 0 Å². The molecular formula is C13H13ClN4. The maximum Gasteiger partial charge on any atom is 0.131 e. The van der Waals surface area contributed by atoms with E-state index in [2.05, 4.69) is 21.4 Å². The van der Waals surface area contributed by atoms with Gasteiger partial charge in [-0.05, 0) is 36.1 Å². The van der Waals surface area contributed by atoms with E-state index >= 15 is 0 Å². The number of aryl methyl sites for hydroxylation is 1. The Morgan fingerprint density at radius 1 is 1.28 bits per heavy atom. The van der Waals surface area contributed by atoms with Gasteiger partial charge in [0.25, 0.3) is 0 Å². The van der Waals surface area contributed by atoms with E-state index in [-0.39, 0.29) is 6.04 Å². The average molecular weight is 261 g/mol. The second-order valence-electron chi connectivity index (χ2n) is 4.41. The van der Waals surface area contributed by atoms with Crippen LogP contribution in [0.4, 0.5) is 11.6 Å². The Hall–Kier alpha value is -1.81. The number of hydrogen-bond donors (Lipinski definition) is 2. The molecule has 3 N–H and O–H groups in total. The third-order valence-electron chi connectivity index (χ3n) is 3.19. The second-order valence-corrected chi connectivity index (χ2v) is 4.84. The highest BCUT2D eigenvalue weighted by atomic mass is 35.5. The van der Waals surface area contributed by atoms with Crippen LogP contribution in [0.1, 0.15) is 23.6 Å². The summed E-state index contributed by atoms with van der Waals surface area (Å²) >= 11 is 5.99. The zero-order valence-electron chi connectivity index (χ0n) is 9.73. The largest absolute Gasteiger partial charge is 0.384 e. The van der Waals surface area contributed by atoms with Crippen molar-refractivity contribution < 1.29 is 0 Å². The molecule has 4 nitrogen and oxygen atoms in total. The van der Waals surface area contributed by atoms with Crippen molar-refractivity contribution in [2.45, 2.75) is 18.9 Å². The van der Waals surface area contributed by atoms with Crippen molar-refractivity contribution in [2.75, 3.05) is 11.1 Å². The molecule has 0 spiro atoms. The highest BCUT2D eigenvalue weighted by molar-refractivity contribution is 6.30. The molecule has 18 heavy (non-hydrogen) atoms. The molecule has 0 amide bonds. The fourth-order valence-corrected chi connectivity index (χ4v) is 2.56. The zero-order valence-corrected chi connectivity index (χ0v) is 10.5. The van der Waals surface area contributed by atoms with Crippen LogP contribution in [-0.2, 0) is 6.42 Å². The van der Waals surface area contributed by atoms with Gasteiger partial charge in [0.2, 0.25) is 0 Å². The number of aromatic nitrogens is 2. The van der Waals surface area contributed by atoms with Crippen molar-refractivity contribution in [3.05, 3.63) is 46.7 Å². The highest BCUT2D eigenvalue weighted by Gasteiger charge is 2.22. The fourth-order valence-electron chi connectivity index (χ4n) is 2.37. The van der Waals surface area contributed by atoms with Crippen molar-refractivity contribution in [3.63, 3.8) is 0 Å². The minimum atomic E-state index is 0.270. The van der Waals surface area contributed by atoms with E-state index in [1.807, 2.05) is 12.1 Å². The fraction of sp³-hybridized carbons (Fsp3) is 0.231. The van der Waals surface area contributed by atoms with Gasteiger partial charge in [-0.1, -0.05) is 17.7 Å². The van der Waals surface area contributed by atoms with Gasteiger partial charge in [0.15, 0.2) is 0 Å². The molecule has 1 aliphatic rings. The van der Waals surface area contributed by atoms with Crippen molar-refractivity contribution in [3.8, 4) is 0 Å². The summed E-state index contributed by atoms with van der Waals surface area (Å²) in [4.78, 5) is 8.04. The normalized spacial score (nSPS) is 17.5. The molecule has 0 aliphatic heterocycles. The lowest BCUT2D eigenvalue weighted by molar-refractivity contribution is 0.756. The van der Waals surface area contributed by atoms with E-state index in [1.165, 1.54) is 17.5 Å². The topological polar surface area (TPSA) is 63.8 Å². The minimum absolute atomic E-state index is 0.270. The summed E-state index contributed by atoms with van der Waals surface area (Å²) in [5, 5.41) is 4.18. The van der Waals surface area contributed by atoms with Crippen LogP contribution in [-0.4, -0.2) is 9.97 Å². The van der Waals surface area contributed by atoms with Crippen LogP contribution in [0.25, 0.3) is 0 Å². The number of rotatable bonds is 2. The number of nitrogens with one attached hydrogen (secondary N) is 1. The van der Waals surface area contributed by atoms with Gasteiger partial charge in [-0.15, -0.1) is 0 Å². The Labute approximate surface area is 110 Å². The number of halogens is 1. The SMILES string of the molecule is Nc1cc(N[C@H]2CCc3cc(Cl)ccc32)ncn1. The smallest absolute Gasteiger partial charge is 0.131 e. The summed E-state index contributed by atoms with van der Waals surface area (Å²) in [7, 11) is 0. The number of anilines is 2. The molecule has 0 bridgehead atoms. The average Bonchev–Trinajstić information content (AvgIpc) is 2.72. The van der Waals surface area contributed by atoms with Gasteiger partial charge in [-0.25, -0.2) is 9.97 Å². The Kier molecular flexibility index (Phi) is 2.80. The Bertz CT molecular complexity index is 585. The van der Waals surface area contributed by atoms with Crippen LogP contribution in [0.15, 0.2) is 30.6 Å². The van der Waals surface area contributed by atoms with E-state index in [9.17, 15) is 0 Å². The van der Waals surface area contributed by atoms with Gasteiger partial charge in [-0.2, -0.15) is 0 Å². The molecule has 1 aliphatic carbocycles. The molecule has 0 fully saturated rings. The summed E-state index contributed by atoms with van der Waals surface area (Å²) in [6.45, 7) is 0. The Morgan fingerprint density at radius 2 is 2.17 bits per heavy atom. The first-order chi connectivity index (χ1) is 8.72. The summed E-state index contributed by atoms with van der Waals surface area (Å²) in [5.74, 6) is 1.23. The first-order valence-electron chi connectivity index (χ1n) is 5.85. The van der Waals surface area contributed by atoms with Crippen LogP contribution in [0, 0.1) is 0 Å².